The number of hydrogen-bond acceptors (Lipinski definition) is 1. The Morgan fingerprint density at radius 2 is 1.93 bits per heavy atom. The maximum Gasteiger partial charge on any atom is 0.0704 e. The van der Waals surface area contributed by atoms with Gasteiger partial charge in [0, 0.05) is 5.69 Å². The number of rotatable bonds is 3. The fourth-order valence-corrected chi connectivity index (χ4v) is 1.09. The molecule has 1 aromatic rings. The highest BCUT2D eigenvalue weighted by Gasteiger charge is 1.96. The molecule has 15 heavy (non-hydrogen) atoms. The van der Waals surface area contributed by atoms with Gasteiger partial charge in [0.15, 0.2) is 0 Å². The molecule has 0 fully saturated rings. The normalized spacial score (nSPS) is 9.93. The summed E-state index contributed by atoms with van der Waals surface area (Å²) in [5.41, 5.74) is 2.95. The van der Waals surface area contributed by atoms with Crippen LogP contribution in [-0.4, -0.2) is 4.98 Å². The minimum absolute atomic E-state index is 0.940. The van der Waals surface area contributed by atoms with Crippen molar-refractivity contribution in [1.82, 2.24) is 4.98 Å². The zero-order valence-electron chi connectivity index (χ0n) is 9.83. The molecule has 80 valence electrons. The molecule has 1 aromatic heterocycles. The van der Waals surface area contributed by atoms with E-state index in [1.54, 1.807) is 12.2 Å². The van der Waals surface area contributed by atoms with Crippen LogP contribution in [0.5, 0.6) is 0 Å². The van der Waals surface area contributed by atoms with Gasteiger partial charge in [-0.25, -0.2) is 0 Å². The van der Waals surface area contributed by atoms with E-state index in [0.29, 0.717) is 0 Å². The molecule has 0 aliphatic rings. The van der Waals surface area contributed by atoms with Gasteiger partial charge in [0.05, 0.1) is 5.69 Å². The number of aromatic nitrogens is 1. The van der Waals surface area contributed by atoms with Crippen molar-refractivity contribution in [2.45, 2.75) is 20.8 Å². The topological polar surface area (TPSA) is 12.9 Å². The number of pyridine rings is 1. The molecule has 1 rings (SSSR count). The third-order valence-electron chi connectivity index (χ3n) is 1.70. The molecular weight excluding hydrogens is 182 g/mol. The van der Waals surface area contributed by atoms with E-state index in [0.717, 1.165) is 17.0 Å². The zero-order chi connectivity index (χ0) is 11.7. The van der Waals surface area contributed by atoms with Gasteiger partial charge in [0.2, 0.25) is 0 Å². The van der Waals surface area contributed by atoms with E-state index in [-0.39, 0.29) is 0 Å². The van der Waals surface area contributed by atoms with E-state index in [9.17, 15) is 0 Å². The summed E-state index contributed by atoms with van der Waals surface area (Å²) in [4.78, 5) is 4.38. The highest BCUT2D eigenvalue weighted by atomic mass is 14.7. The lowest BCUT2D eigenvalue weighted by Gasteiger charge is -2.00. The first kappa shape index (κ1) is 13.4. The van der Waals surface area contributed by atoms with E-state index < -0.39 is 0 Å². The maximum atomic E-state index is 4.38. The predicted octanol–water partition coefficient (Wildman–Crippen LogP) is 4.17. The molecule has 1 nitrogen and oxygen atoms in total. The first-order valence-corrected chi connectivity index (χ1v) is 5.17. The van der Waals surface area contributed by atoms with Crippen LogP contribution in [-0.2, 0) is 0 Å². The average Bonchev–Trinajstić information content (AvgIpc) is 2.28. The molecular formula is C14H19N. The van der Waals surface area contributed by atoms with E-state index in [2.05, 4.69) is 18.1 Å². The molecule has 0 N–H and O–H groups in total. The van der Waals surface area contributed by atoms with Gasteiger partial charge in [-0.15, -0.1) is 0 Å². The Morgan fingerprint density at radius 3 is 2.40 bits per heavy atom. The van der Waals surface area contributed by atoms with Crippen LogP contribution in [0, 0.1) is 6.92 Å². The molecule has 0 saturated carbocycles. The second kappa shape index (κ2) is 7.74. The van der Waals surface area contributed by atoms with Gasteiger partial charge in [0.1, 0.15) is 0 Å². The molecule has 1 heteroatoms. The number of allylic oxidation sites excluding steroid dienone is 4. The van der Waals surface area contributed by atoms with Gasteiger partial charge in [-0.05, 0) is 24.6 Å². The Hall–Kier alpha value is -1.63. The third kappa shape index (κ3) is 4.41. The third-order valence-corrected chi connectivity index (χ3v) is 1.70. The highest BCUT2D eigenvalue weighted by Crippen LogP contribution is 2.12. The molecule has 0 amide bonds. The van der Waals surface area contributed by atoms with Crippen molar-refractivity contribution in [2.24, 2.45) is 0 Å². The summed E-state index contributed by atoms with van der Waals surface area (Å²) in [5, 5.41) is 0. The Bertz CT molecular complexity index is 348. The highest BCUT2D eigenvalue weighted by molar-refractivity contribution is 5.72. The minimum atomic E-state index is 0.940. The second-order valence-corrected chi connectivity index (χ2v) is 2.73. The zero-order valence-corrected chi connectivity index (χ0v) is 9.83. The smallest absolute Gasteiger partial charge is 0.0704 e. The van der Waals surface area contributed by atoms with Crippen LogP contribution in [0.25, 0.3) is 5.57 Å². The summed E-state index contributed by atoms with van der Waals surface area (Å²) in [6, 6.07) is 5.92. The Morgan fingerprint density at radius 1 is 1.27 bits per heavy atom. The van der Waals surface area contributed by atoms with E-state index in [1.807, 2.05) is 45.0 Å². The molecule has 0 atom stereocenters. The number of hydrogen-bond donors (Lipinski definition) is 0. The quantitative estimate of drug-likeness (QED) is 0.669. The first-order valence-electron chi connectivity index (χ1n) is 5.17. The van der Waals surface area contributed by atoms with Gasteiger partial charge < -0.3 is 0 Å². The van der Waals surface area contributed by atoms with Crippen molar-refractivity contribution in [2.75, 3.05) is 0 Å². The largest absolute Gasteiger partial charge is 0.253 e. The van der Waals surface area contributed by atoms with Gasteiger partial charge in [-0.3, -0.25) is 4.98 Å². The average molecular weight is 201 g/mol. The van der Waals surface area contributed by atoms with Crippen molar-refractivity contribution in [3.63, 3.8) is 0 Å². The fourth-order valence-electron chi connectivity index (χ4n) is 1.09. The van der Waals surface area contributed by atoms with Crippen molar-refractivity contribution in [3.8, 4) is 0 Å². The summed E-state index contributed by atoms with van der Waals surface area (Å²) in [6.45, 7) is 13.3. The summed E-state index contributed by atoms with van der Waals surface area (Å²) in [5.74, 6) is 0. The minimum Gasteiger partial charge on any atom is -0.253 e. The summed E-state index contributed by atoms with van der Waals surface area (Å²) in [7, 11) is 0. The van der Waals surface area contributed by atoms with Gasteiger partial charge in [-0.1, -0.05) is 51.3 Å². The number of nitrogens with zero attached hydrogens (tertiary/aromatic N) is 1. The summed E-state index contributed by atoms with van der Waals surface area (Å²) in [6.07, 6.45) is 5.42. The van der Waals surface area contributed by atoms with E-state index in [4.69, 9.17) is 0 Å². The maximum absolute atomic E-state index is 4.38. The first-order chi connectivity index (χ1) is 7.27. The Labute approximate surface area is 92.9 Å². The lowest BCUT2D eigenvalue weighted by Crippen LogP contribution is -1.88. The van der Waals surface area contributed by atoms with Crippen molar-refractivity contribution in [1.29, 1.82) is 0 Å². The summed E-state index contributed by atoms with van der Waals surface area (Å²) < 4.78 is 0. The predicted molar refractivity (Wildman–Crippen MR) is 68.7 cm³/mol. The molecule has 0 aliphatic carbocycles. The molecule has 0 spiro atoms. The lowest BCUT2D eigenvalue weighted by atomic mass is 10.1. The summed E-state index contributed by atoms with van der Waals surface area (Å²) >= 11 is 0. The van der Waals surface area contributed by atoms with Crippen LogP contribution < -0.4 is 0 Å². The van der Waals surface area contributed by atoms with Crippen molar-refractivity contribution < 1.29 is 0 Å². The second-order valence-electron chi connectivity index (χ2n) is 2.73. The molecule has 0 unspecified atom stereocenters. The van der Waals surface area contributed by atoms with Crippen LogP contribution >= 0.6 is 0 Å². The molecule has 0 aromatic carbocycles. The molecule has 0 radical (unpaired) electrons. The fraction of sp³-hybridized carbons (Fsp3) is 0.214. The number of aryl methyl sites for hydroxylation is 1. The SMILES string of the molecule is C=C/C=C(\C=C)c1cccc(C)n1.CC. The van der Waals surface area contributed by atoms with Crippen LogP contribution in [0.1, 0.15) is 25.2 Å². The monoisotopic (exact) mass is 201 g/mol. The molecule has 1 heterocycles. The standard InChI is InChI=1S/C12H13N.C2H6/c1-4-7-11(5-2)12-9-6-8-10(3)13-12;1-2/h4-9H,1-2H2,3H3;1-2H3/b11-7+;. The lowest BCUT2D eigenvalue weighted by molar-refractivity contribution is 1.17. The van der Waals surface area contributed by atoms with Crippen LogP contribution in [0.4, 0.5) is 0 Å². The van der Waals surface area contributed by atoms with Crippen molar-refractivity contribution >= 4 is 5.57 Å². The Balaban J connectivity index is 0.000000921. The van der Waals surface area contributed by atoms with E-state index in [1.165, 1.54) is 0 Å². The van der Waals surface area contributed by atoms with Crippen LogP contribution in [0.2, 0.25) is 0 Å². The van der Waals surface area contributed by atoms with Gasteiger partial charge in [-0.2, -0.15) is 0 Å². The van der Waals surface area contributed by atoms with Crippen LogP contribution in [0.15, 0.2) is 49.6 Å². The van der Waals surface area contributed by atoms with Crippen LogP contribution in [0.3, 0.4) is 0 Å². The van der Waals surface area contributed by atoms with Gasteiger partial charge >= 0.3 is 0 Å². The van der Waals surface area contributed by atoms with Gasteiger partial charge in [0.25, 0.3) is 0 Å². The van der Waals surface area contributed by atoms with Crippen molar-refractivity contribution in [3.05, 3.63) is 61.0 Å². The van der Waals surface area contributed by atoms with E-state index >= 15 is 0 Å². The Kier molecular flexibility index (Phi) is 6.90. The molecule has 0 saturated heterocycles. The molecule has 0 aliphatic heterocycles. The molecule has 0 bridgehead atoms.